The Bertz CT molecular complexity index is 401. The topological polar surface area (TPSA) is 75.0 Å². The predicted octanol–water partition coefficient (Wildman–Crippen LogP) is 0.918. The van der Waals surface area contributed by atoms with Gasteiger partial charge < -0.3 is 10.6 Å². The highest BCUT2D eigenvalue weighted by molar-refractivity contribution is 5.92. The molecule has 3 N–H and O–H groups in total. The molecule has 2 unspecified atom stereocenters. The first-order valence-electron chi connectivity index (χ1n) is 6.15. The van der Waals surface area contributed by atoms with E-state index >= 15 is 0 Å². The van der Waals surface area contributed by atoms with Crippen LogP contribution in [0.25, 0.3) is 0 Å². The molecule has 1 aromatic heterocycles. The third-order valence-corrected chi connectivity index (χ3v) is 3.44. The summed E-state index contributed by atoms with van der Waals surface area (Å²) < 4.78 is 0. The van der Waals surface area contributed by atoms with E-state index in [9.17, 15) is 4.79 Å². The number of amides is 1. The van der Waals surface area contributed by atoms with E-state index in [4.69, 9.17) is 5.73 Å². The monoisotopic (exact) mass is 236 g/mol. The lowest BCUT2D eigenvalue weighted by molar-refractivity contribution is 0.0567. The van der Waals surface area contributed by atoms with Crippen molar-refractivity contribution in [2.45, 2.75) is 32.7 Å². The standard InChI is InChI=1S/C12H20N4O/c1-8-3-4-16(10(5-8)7-13)12(17)11-6-9(2)14-15-11/h6,8,10H,3-5,7,13H2,1-2H3,(H,14,15). The van der Waals surface area contributed by atoms with E-state index in [1.807, 2.05) is 11.8 Å². The number of nitrogens with zero attached hydrogens (tertiary/aromatic N) is 2. The summed E-state index contributed by atoms with van der Waals surface area (Å²) in [4.78, 5) is 14.1. The van der Waals surface area contributed by atoms with E-state index in [0.717, 1.165) is 25.1 Å². The SMILES string of the molecule is Cc1cc(C(=O)N2CCC(C)CC2CN)n[nH]1. The third kappa shape index (κ3) is 2.49. The number of hydrogen-bond acceptors (Lipinski definition) is 3. The number of carbonyl (C=O) groups is 1. The van der Waals surface area contributed by atoms with Gasteiger partial charge in [0.1, 0.15) is 5.69 Å². The van der Waals surface area contributed by atoms with Crippen LogP contribution in [0.15, 0.2) is 6.07 Å². The van der Waals surface area contributed by atoms with Crippen molar-refractivity contribution in [3.05, 3.63) is 17.5 Å². The van der Waals surface area contributed by atoms with Gasteiger partial charge in [-0.1, -0.05) is 6.92 Å². The molecule has 5 heteroatoms. The molecule has 0 radical (unpaired) electrons. The number of hydrogen-bond donors (Lipinski definition) is 2. The average Bonchev–Trinajstić information content (AvgIpc) is 2.75. The molecule has 1 aliphatic rings. The molecule has 2 rings (SSSR count). The molecule has 0 bridgehead atoms. The number of aryl methyl sites for hydroxylation is 1. The van der Waals surface area contributed by atoms with Gasteiger partial charge in [0.2, 0.25) is 0 Å². The Hall–Kier alpha value is -1.36. The van der Waals surface area contributed by atoms with Crippen molar-refractivity contribution in [2.75, 3.05) is 13.1 Å². The Balaban J connectivity index is 2.13. The van der Waals surface area contributed by atoms with Crippen LogP contribution >= 0.6 is 0 Å². The Morgan fingerprint density at radius 2 is 2.47 bits per heavy atom. The van der Waals surface area contributed by atoms with Crippen molar-refractivity contribution in [1.29, 1.82) is 0 Å². The van der Waals surface area contributed by atoms with Crippen LogP contribution in [0.3, 0.4) is 0 Å². The maximum atomic E-state index is 12.3. The van der Waals surface area contributed by atoms with Crippen LogP contribution in [0, 0.1) is 12.8 Å². The molecule has 2 heterocycles. The molecule has 17 heavy (non-hydrogen) atoms. The Morgan fingerprint density at radius 3 is 3.06 bits per heavy atom. The number of carbonyl (C=O) groups excluding carboxylic acids is 1. The second-order valence-electron chi connectivity index (χ2n) is 4.95. The van der Waals surface area contributed by atoms with E-state index in [1.165, 1.54) is 0 Å². The normalized spacial score (nSPS) is 25.0. The molecule has 1 fully saturated rings. The number of aromatic nitrogens is 2. The zero-order chi connectivity index (χ0) is 12.4. The Labute approximate surface area is 101 Å². The summed E-state index contributed by atoms with van der Waals surface area (Å²) >= 11 is 0. The summed E-state index contributed by atoms with van der Waals surface area (Å²) in [6.07, 6.45) is 2.04. The highest BCUT2D eigenvalue weighted by Crippen LogP contribution is 2.23. The Kier molecular flexibility index (Phi) is 3.47. The highest BCUT2D eigenvalue weighted by Gasteiger charge is 2.30. The Morgan fingerprint density at radius 1 is 1.71 bits per heavy atom. The second kappa shape index (κ2) is 4.87. The van der Waals surface area contributed by atoms with Gasteiger partial charge in [0.25, 0.3) is 5.91 Å². The van der Waals surface area contributed by atoms with Crippen LogP contribution in [-0.4, -0.2) is 40.1 Å². The summed E-state index contributed by atoms with van der Waals surface area (Å²) in [7, 11) is 0. The molecule has 0 aliphatic carbocycles. The van der Waals surface area contributed by atoms with E-state index in [2.05, 4.69) is 17.1 Å². The molecule has 1 saturated heterocycles. The summed E-state index contributed by atoms with van der Waals surface area (Å²) in [6.45, 7) is 5.42. The smallest absolute Gasteiger partial charge is 0.274 e. The molecule has 0 saturated carbocycles. The molecular formula is C12H20N4O. The molecule has 94 valence electrons. The largest absolute Gasteiger partial charge is 0.333 e. The molecule has 0 spiro atoms. The average molecular weight is 236 g/mol. The molecule has 0 aromatic carbocycles. The maximum Gasteiger partial charge on any atom is 0.274 e. The number of nitrogens with one attached hydrogen (secondary N) is 1. The second-order valence-corrected chi connectivity index (χ2v) is 4.95. The van der Waals surface area contributed by atoms with Crippen LogP contribution in [-0.2, 0) is 0 Å². The maximum absolute atomic E-state index is 12.3. The number of aromatic amines is 1. The van der Waals surface area contributed by atoms with Crippen LogP contribution in [0.4, 0.5) is 0 Å². The first-order chi connectivity index (χ1) is 8.11. The number of H-pyrrole nitrogens is 1. The lowest BCUT2D eigenvalue weighted by Crippen LogP contribution is -2.49. The minimum Gasteiger partial charge on any atom is -0.333 e. The third-order valence-electron chi connectivity index (χ3n) is 3.44. The van der Waals surface area contributed by atoms with Gasteiger partial charge in [-0.15, -0.1) is 0 Å². The lowest BCUT2D eigenvalue weighted by atomic mass is 9.92. The van der Waals surface area contributed by atoms with Crippen molar-refractivity contribution >= 4 is 5.91 Å². The summed E-state index contributed by atoms with van der Waals surface area (Å²) in [6, 6.07) is 1.94. The first kappa shape index (κ1) is 12.1. The van der Waals surface area contributed by atoms with Gasteiger partial charge in [-0.05, 0) is 31.7 Å². The van der Waals surface area contributed by atoms with Gasteiger partial charge in [0.05, 0.1) is 0 Å². The van der Waals surface area contributed by atoms with Crippen LogP contribution in [0.2, 0.25) is 0 Å². The van der Waals surface area contributed by atoms with E-state index in [0.29, 0.717) is 18.2 Å². The number of nitrogens with two attached hydrogens (primary N) is 1. The van der Waals surface area contributed by atoms with Gasteiger partial charge >= 0.3 is 0 Å². The minimum atomic E-state index is -0.00306. The van der Waals surface area contributed by atoms with Crippen LogP contribution in [0.1, 0.15) is 35.9 Å². The summed E-state index contributed by atoms with van der Waals surface area (Å²) in [5, 5.41) is 6.82. The minimum absolute atomic E-state index is 0.00306. The summed E-state index contributed by atoms with van der Waals surface area (Å²) in [5.41, 5.74) is 7.16. The first-order valence-corrected chi connectivity index (χ1v) is 6.15. The predicted molar refractivity (Wildman–Crippen MR) is 65.6 cm³/mol. The van der Waals surface area contributed by atoms with Gasteiger partial charge in [0.15, 0.2) is 0 Å². The fraction of sp³-hybridized carbons (Fsp3) is 0.667. The number of piperidine rings is 1. The van der Waals surface area contributed by atoms with Crippen molar-refractivity contribution in [3.8, 4) is 0 Å². The summed E-state index contributed by atoms with van der Waals surface area (Å²) in [5.74, 6) is 0.644. The molecular weight excluding hydrogens is 216 g/mol. The van der Waals surface area contributed by atoms with Gasteiger partial charge in [-0.2, -0.15) is 5.10 Å². The van der Waals surface area contributed by atoms with E-state index in [-0.39, 0.29) is 11.9 Å². The number of likely N-dealkylation sites (tertiary alicyclic amines) is 1. The lowest BCUT2D eigenvalue weighted by Gasteiger charge is -2.37. The van der Waals surface area contributed by atoms with Gasteiger partial charge in [-0.25, -0.2) is 0 Å². The van der Waals surface area contributed by atoms with Crippen molar-refractivity contribution < 1.29 is 4.79 Å². The van der Waals surface area contributed by atoms with Crippen LogP contribution < -0.4 is 5.73 Å². The molecule has 1 aromatic rings. The molecule has 5 nitrogen and oxygen atoms in total. The fourth-order valence-electron chi connectivity index (χ4n) is 2.42. The van der Waals surface area contributed by atoms with Gasteiger partial charge in [0, 0.05) is 24.8 Å². The fourth-order valence-corrected chi connectivity index (χ4v) is 2.42. The molecule has 1 amide bonds. The zero-order valence-corrected chi connectivity index (χ0v) is 10.4. The van der Waals surface area contributed by atoms with E-state index < -0.39 is 0 Å². The van der Waals surface area contributed by atoms with Crippen molar-refractivity contribution in [3.63, 3.8) is 0 Å². The molecule has 2 atom stereocenters. The number of rotatable bonds is 2. The van der Waals surface area contributed by atoms with Crippen LogP contribution in [0.5, 0.6) is 0 Å². The van der Waals surface area contributed by atoms with Crippen molar-refractivity contribution in [2.24, 2.45) is 11.7 Å². The molecule has 1 aliphatic heterocycles. The van der Waals surface area contributed by atoms with E-state index in [1.54, 1.807) is 6.07 Å². The quantitative estimate of drug-likeness (QED) is 0.801. The highest BCUT2D eigenvalue weighted by atomic mass is 16.2. The van der Waals surface area contributed by atoms with Crippen molar-refractivity contribution in [1.82, 2.24) is 15.1 Å². The van der Waals surface area contributed by atoms with Gasteiger partial charge in [-0.3, -0.25) is 9.89 Å². The zero-order valence-electron chi connectivity index (χ0n) is 10.4.